The largest absolute Gasteiger partial charge is 0.497 e. The van der Waals surface area contributed by atoms with E-state index < -0.39 is 0 Å². The Morgan fingerprint density at radius 3 is 2.95 bits per heavy atom. The first-order valence-electron chi connectivity index (χ1n) is 5.94. The van der Waals surface area contributed by atoms with Crippen LogP contribution in [0.2, 0.25) is 0 Å². The number of benzene rings is 1. The van der Waals surface area contributed by atoms with Crippen molar-refractivity contribution in [3.05, 3.63) is 45.5 Å². The van der Waals surface area contributed by atoms with Gasteiger partial charge in [-0.2, -0.15) is 0 Å². The molecule has 1 aromatic heterocycles. The fourth-order valence-corrected chi connectivity index (χ4v) is 2.01. The third-order valence-corrected chi connectivity index (χ3v) is 3.25. The Labute approximate surface area is 128 Å². The summed E-state index contributed by atoms with van der Waals surface area (Å²) in [5.41, 5.74) is 6.31. The van der Waals surface area contributed by atoms with Crippen molar-refractivity contribution in [1.29, 1.82) is 0 Å². The molecule has 0 aliphatic heterocycles. The molecular weight excluding hydrogens is 340 g/mol. The van der Waals surface area contributed by atoms with Gasteiger partial charge >= 0.3 is 0 Å². The standard InChI is InChI=1S/C13H13BrN4O3/c1-21-8-2-3-11(10(15)4-8)17-12(19)6-18-7-16-5-9(14)13(18)20/h2-5,7H,6,15H2,1H3,(H,17,19). The highest BCUT2D eigenvalue weighted by Crippen LogP contribution is 2.23. The highest BCUT2D eigenvalue weighted by Gasteiger charge is 2.09. The summed E-state index contributed by atoms with van der Waals surface area (Å²) >= 11 is 3.07. The third-order valence-electron chi connectivity index (χ3n) is 2.71. The fourth-order valence-electron chi connectivity index (χ4n) is 1.66. The first-order chi connectivity index (χ1) is 10.0. The van der Waals surface area contributed by atoms with Crippen LogP contribution in [0.5, 0.6) is 5.75 Å². The van der Waals surface area contributed by atoms with Crippen LogP contribution in [0.25, 0.3) is 0 Å². The minimum absolute atomic E-state index is 0.156. The van der Waals surface area contributed by atoms with Crippen LogP contribution >= 0.6 is 15.9 Å². The average Bonchev–Trinajstić information content (AvgIpc) is 2.46. The number of nitrogens with two attached hydrogens (primary N) is 1. The van der Waals surface area contributed by atoms with Crippen molar-refractivity contribution in [1.82, 2.24) is 9.55 Å². The number of carbonyl (C=O) groups is 1. The first kappa shape index (κ1) is 15.0. The molecule has 0 atom stereocenters. The number of nitrogen functional groups attached to an aromatic ring is 1. The monoisotopic (exact) mass is 352 g/mol. The molecule has 0 unspecified atom stereocenters. The molecule has 0 saturated carbocycles. The summed E-state index contributed by atoms with van der Waals surface area (Å²) < 4.78 is 6.51. The van der Waals surface area contributed by atoms with E-state index in [1.165, 1.54) is 24.2 Å². The molecule has 0 aliphatic carbocycles. The van der Waals surface area contributed by atoms with Gasteiger partial charge in [0.1, 0.15) is 16.8 Å². The second-order valence-corrected chi connectivity index (χ2v) is 5.03. The van der Waals surface area contributed by atoms with Crippen LogP contribution in [0, 0.1) is 0 Å². The van der Waals surface area contributed by atoms with Gasteiger partial charge in [-0.3, -0.25) is 14.2 Å². The van der Waals surface area contributed by atoms with E-state index in [2.05, 4.69) is 26.2 Å². The number of nitrogens with zero attached hydrogens (tertiary/aromatic N) is 2. The van der Waals surface area contributed by atoms with E-state index in [1.54, 1.807) is 18.2 Å². The second-order valence-electron chi connectivity index (χ2n) is 4.18. The summed E-state index contributed by atoms with van der Waals surface area (Å²) in [6.07, 6.45) is 2.67. The summed E-state index contributed by atoms with van der Waals surface area (Å²) in [6.45, 7) is -0.156. The minimum atomic E-state index is -0.381. The van der Waals surface area contributed by atoms with Crippen LogP contribution < -0.4 is 21.3 Å². The molecule has 0 aliphatic rings. The van der Waals surface area contributed by atoms with Gasteiger partial charge in [0.05, 0.1) is 24.8 Å². The normalized spacial score (nSPS) is 10.2. The lowest BCUT2D eigenvalue weighted by atomic mass is 10.2. The molecule has 8 heteroatoms. The Bertz CT molecular complexity index is 730. The van der Waals surface area contributed by atoms with Gasteiger partial charge in [0, 0.05) is 12.3 Å². The number of halogens is 1. The predicted molar refractivity (Wildman–Crippen MR) is 82.2 cm³/mol. The van der Waals surface area contributed by atoms with Crippen molar-refractivity contribution >= 4 is 33.2 Å². The molecule has 1 amide bonds. The lowest BCUT2D eigenvalue weighted by molar-refractivity contribution is -0.116. The van der Waals surface area contributed by atoms with E-state index in [0.29, 0.717) is 21.6 Å². The molecule has 3 N–H and O–H groups in total. The van der Waals surface area contributed by atoms with Crippen LogP contribution in [0.15, 0.2) is 40.0 Å². The van der Waals surface area contributed by atoms with Crippen LogP contribution in [-0.4, -0.2) is 22.6 Å². The number of ether oxygens (including phenoxy) is 1. The maximum absolute atomic E-state index is 12.0. The summed E-state index contributed by atoms with van der Waals surface area (Å²) in [4.78, 5) is 27.6. The van der Waals surface area contributed by atoms with Gasteiger partial charge in [-0.15, -0.1) is 0 Å². The van der Waals surface area contributed by atoms with Crippen LogP contribution in [0.4, 0.5) is 11.4 Å². The van der Waals surface area contributed by atoms with Gasteiger partial charge in [0.25, 0.3) is 5.56 Å². The molecule has 1 heterocycles. The van der Waals surface area contributed by atoms with Crippen LogP contribution in [0.1, 0.15) is 0 Å². The van der Waals surface area contributed by atoms with E-state index >= 15 is 0 Å². The Morgan fingerprint density at radius 1 is 1.52 bits per heavy atom. The Balaban J connectivity index is 2.12. The number of methoxy groups -OCH3 is 1. The molecule has 0 saturated heterocycles. The number of aromatic nitrogens is 2. The van der Waals surface area contributed by atoms with Crippen LogP contribution in [-0.2, 0) is 11.3 Å². The van der Waals surface area contributed by atoms with Gasteiger partial charge in [0.2, 0.25) is 5.91 Å². The predicted octanol–water partition coefficient (Wildman–Crippen LogP) is 1.24. The number of anilines is 2. The molecular formula is C13H13BrN4O3. The maximum Gasteiger partial charge on any atom is 0.268 e. The van der Waals surface area contributed by atoms with Crippen molar-refractivity contribution in [3.8, 4) is 5.75 Å². The molecule has 2 aromatic rings. The zero-order chi connectivity index (χ0) is 15.4. The quantitative estimate of drug-likeness (QED) is 0.806. The van der Waals surface area contributed by atoms with Crippen molar-refractivity contribution < 1.29 is 9.53 Å². The fraction of sp³-hybridized carbons (Fsp3) is 0.154. The summed E-state index contributed by atoms with van der Waals surface area (Å²) in [5.74, 6) is 0.215. The molecule has 110 valence electrons. The third kappa shape index (κ3) is 3.60. The highest BCUT2D eigenvalue weighted by molar-refractivity contribution is 9.10. The summed E-state index contributed by atoms with van der Waals surface area (Å²) in [5, 5.41) is 2.63. The molecule has 21 heavy (non-hydrogen) atoms. The molecule has 0 radical (unpaired) electrons. The van der Waals surface area contributed by atoms with Gasteiger partial charge in [-0.1, -0.05) is 0 Å². The molecule has 1 aromatic carbocycles. The molecule has 7 nitrogen and oxygen atoms in total. The van der Waals surface area contributed by atoms with E-state index in [1.807, 2.05) is 0 Å². The molecule has 0 fully saturated rings. The highest BCUT2D eigenvalue weighted by atomic mass is 79.9. The van der Waals surface area contributed by atoms with E-state index in [4.69, 9.17) is 10.5 Å². The molecule has 2 rings (SSSR count). The van der Waals surface area contributed by atoms with Crippen molar-refractivity contribution in [2.24, 2.45) is 0 Å². The second kappa shape index (κ2) is 6.40. The lowest BCUT2D eigenvalue weighted by Crippen LogP contribution is -2.28. The first-order valence-corrected chi connectivity index (χ1v) is 6.74. The van der Waals surface area contributed by atoms with Gasteiger partial charge in [0.15, 0.2) is 0 Å². The number of carbonyl (C=O) groups excluding carboxylic acids is 1. The summed E-state index contributed by atoms with van der Waals surface area (Å²) in [7, 11) is 1.53. The topological polar surface area (TPSA) is 99.2 Å². The lowest BCUT2D eigenvalue weighted by Gasteiger charge is -2.10. The van der Waals surface area contributed by atoms with Gasteiger partial charge < -0.3 is 15.8 Å². The van der Waals surface area contributed by atoms with Gasteiger partial charge in [-0.05, 0) is 28.1 Å². The molecule has 0 spiro atoms. The summed E-state index contributed by atoms with van der Waals surface area (Å²) in [6, 6.07) is 4.91. The SMILES string of the molecule is COc1ccc(NC(=O)Cn2cncc(Br)c2=O)c(N)c1. The Kier molecular flexibility index (Phi) is 4.59. The number of hydrogen-bond donors (Lipinski definition) is 2. The Hall–Kier alpha value is -2.35. The number of amides is 1. The van der Waals surface area contributed by atoms with E-state index in [-0.39, 0.29) is 18.0 Å². The van der Waals surface area contributed by atoms with Crippen molar-refractivity contribution in [3.63, 3.8) is 0 Å². The smallest absolute Gasteiger partial charge is 0.268 e. The Morgan fingerprint density at radius 2 is 2.29 bits per heavy atom. The van der Waals surface area contributed by atoms with Crippen molar-refractivity contribution in [2.75, 3.05) is 18.2 Å². The average molecular weight is 353 g/mol. The van der Waals surface area contributed by atoms with E-state index in [9.17, 15) is 9.59 Å². The maximum atomic E-state index is 12.0. The number of nitrogens with one attached hydrogen (secondary N) is 1. The van der Waals surface area contributed by atoms with Gasteiger partial charge in [-0.25, -0.2) is 4.98 Å². The zero-order valence-electron chi connectivity index (χ0n) is 11.2. The molecule has 0 bridgehead atoms. The van der Waals surface area contributed by atoms with E-state index in [0.717, 1.165) is 0 Å². The van der Waals surface area contributed by atoms with Crippen LogP contribution in [0.3, 0.4) is 0 Å². The zero-order valence-corrected chi connectivity index (χ0v) is 12.8. The number of rotatable bonds is 4. The minimum Gasteiger partial charge on any atom is -0.497 e. The van der Waals surface area contributed by atoms with Crippen molar-refractivity contribution in [2.45, 2.75) is 6.54 Å². The number of hydrogen-bond acceptors (Lipinski definition) is 5.